The Labute approximate surface area is 186 Å². The van der Waals surface area contributed by atoms with Gasteiger partial charge in [0.25, 0.3) is 5.91 Å². The predicted molar refractivity (Wildman–Crippen MR) is 118 cm³/mol. The maximum atomic E-state index is 13.4. The van der Waals surface area contributed by atoms with Gasteiger partial charge in [0.2, 0.25) is 5.88 Å². The highest BCUT2D eigenvalue weighted by Crippen LogP contribution is 2.41. The van der Waals surface area contributed by atoms with Crippen molar-refractivity contribution >= 4 is 23.3 Å². The van der Waals surface area contributed by atoms with Crippen molar-refractivity contribution in [2.45, 2.75) is 32.8 Å². The molecule has 1 aliphatic heterocycles. The van der Waals surface area contributed by atoms with Gasteiger partial charge in [-0.2, -0.15) is 0 Å². The number of amides is 1. The maximum Gasteiger partial charge on any atom is 0.259 e. The number of carbonyl (C=O) groups excluding carboxylic acids is 2. The van der Waals surface area contributed by atoms with E-state index in [-0.39, 0.29) is 17.6 Å². The Morgan fingerprint density at radius 2 is 1.97 bits per heavy atom. The van der Waals surface area contributed by atoms with Crippen molar-refractivity contribution in [3.05, 3.63) is 64.8 Å². The number of hydrogen-bond acceptors (Lipinski definition) is 5. The molecule has 1 amide bonds. The van der Waals surface area contributed by atoms with E-state index in [1.165, 1.54) is 0 Å². The van der Waals surface area contributed by atoms with Gasteiger partial charge in [-0.15, -0.1) is 0 Å². The highest BCUT2D eigenvalue weighted by molar-refractivity contribution is 6.30. The van der Waals surface area contributed by atoms with Gasteiger partial charge in [0.05, 0.1) is 13.2 Å². The average Bonchev–Trinajstić information content (AvgIpc) is 2.73. The smallest absolute Gasteiger partial charge is 0.259 e. The molecule has 0 bridgehead atoms. The summed E-state index contributed by atoms with van der Waals surface area (Å²) < 4.78 is 12.0. The summed E-state index contributed by atoms with van der Waals surface area (Å²) in [5.74, 6) is 0.722. The van der Waals surface area contributed by atoms with Crippen molar-refractivity contribution in [1.82, 2.24) is 9.88 Å². The summed E-state index contributed by atoms with van der Waals surface area (Å²) in [6, 6.07) is 10.3. The van der Waals surface area contributed by atoms with Crippen molar-refractivity contribution in [2.75, 3.05) is 19.7 Å². The number of halogens is 1. The Bertz CT molecular complexity index is 1050. The molecule has 1 saturated heterocycles. The minimum absolute atomic E-state index is 0.121. The summed E-state index contributed by atoms with van der Waals surface area (Å²) in [4.78, 5) is 32.0. The molecular weight excluding hydrogens is 416 g/mol. The Hall–Kier alpha value is -2.70. The Morgan fingerprint density at radius 3 is 2.68 bits per heavy atom. The number of ether oxygens (including phenoxy) is 2. The van der Waals surface area contributed by atoms with Gasteiger partial charge in [-0.1, -0.05) is 25.4 Å². The van der Waals surface area contributed by atoms with Crippen LogP contribution in [0.15, 0.2) is 54.2 Å². The van der Waals surface area contributed by atoms with Crippen molar-refractivity contribution in [3.8, 4) is 11.6 Å². The van der Waals surface area contributed by atoms with Crippen LogP contribution in [0.4, 0.5) is 0 Å². The Kier molecular flexibility index (Phi) is 5.62. The second-order valence-corrected chi connectivity index (χ2v) is 9.21. The quantitative estimate of drug-likeness (QED) is 0.692. The van der Waals surface area contributed by atoms with Crippen LogP contribution in [0, 0.1) is 5.41 Å². The zero-order chi connectivity index (χ0) is 22.2. The molecule has 1 aromatic heterocycles. The second-order valence-electron chi connectivity index (χ2n) is 8.77. The minimum Gasteiger partial charge on any atom is -0.438 e. The summed E-state index contributed by atoms with van der Waals surface area (Å²) in [6.07, 6.45) is 4.00. The molecule has 0 saturated carbocycles. The summed E-state index contributed by atoms with van der Waals surface area (Å²) in [6.45, 7) is 6.89. The molecule has 1 spiro atoms. The van der Waals surface area contributed by atoms with E-state index in [4.69, 9.17) is 21.1 Å². The zero-order valence-corrected chi connectivity index (χ0v) is 18.6. The molecule has 1 aliphatic carbocycles. The van der Waals surface area contributed by atoms with Gasteiger partial charge in [-0.05, 0) is 61.4 Å². The van der Waals surface area contributed by atoms with E-state index < -0.39 is 11.0 Å². The van der Waals surface area contributed by atoms with Crippen LogP contribution in [-0.4, -0.2) is 46.9 Å². The molecule has 4 rings (SSSR count). The maximum absolute atomic E-state index is 13.4. The normalized spacial score (nSPS) is 22.9. The standard InChI is InChI=1S/C24H25ClN2O4/c1-16-13-24(14-23(2,3)20(16)28)15-27(11-12-30-24)22(29)19-5-4-10-26-21(19)31-18-8-6-17(25)7-9-18/h4-10,13H,11-12,14-15H2,1-3H3. The van der Waals surface area contributed by atoms with E-state index in [1.54, 1.807) is 47.5 Å². The number of nitrogens with zero attached hydrogens (tertiary/aromatic N) is 2. The number of allylic oxidation sites excluding steroid dienone is 1. The van der Waals surface area contributed by atoms with Crippen LogP contribution in [0.3, 0.4) is 0 Å². The van der Waals surface area contributed by atoms with Crippen LogP contribution in [0.5, 0.6) is 11.6 Å². The van der Waals surface area contributed by atoms with Gasteiger partial charge in [0, 0.05) is 23.2 Å². The molecular formula is C24H25ClN2O4. The molecule has 1 fully saturated rings. The topological polar surface area (TPSA) is 68.7 Å². The van der Waals surface area contributed by atoms with Crippen molar-refractivity contribution in [3.63, 3.8) is 0 Å². The van der Waals surface area contributed by atoms with E-state index in [1.807, 2.05) is 26.8 Å². The van der Waals surface area contributed by atoms with Gasteiger partial charge < -0.3 is 14.4 Å². The number of benzene rings is 1. The van der Waals surface area contributed by atoms with E-state index in [9.17, 15) is 9.59 Å². The fourth-order valence-electron chi connectivity index (χ4n) is 4.47. The summed E-state index contributed by atoms with van der Waals surface area (Å²) >= 11 is 5.94. The van der Waals surface area contributed by atoms with Crippen LogP contribution in [0.25, 0.3) is 0 Å². The number of morpholine rings is 1. The van der Waals surface area contributed by atoms with Gasteiger partial charge in [0.1, 0.15) is 16.9 Å². The SMILES string of the molecule is CC1=CC2(CN(C(=O)c3cccnc3Oc3ccc(Cl)cc3)CCO2)CC(C)(C)C1=O. The number of ketones is 1. The summed E-state index contributed by atoms with van der Waals surface area (Å²) in [5, 5.41) is 0.598. The molecule has 1 atom stereocenters. The van der Waals surface area contributed by atoms with E-state index in [0.717, 1.165) is 0 Å². The molecule has 162 valence electrons. The number of aromatic nitrogens is 1. The second kappa shape index (κ2) is 8.09. The van der Waals surface area contributed by atoms with E-state index in [0.29, 0.717) is 48.0 Å². The summed E-state index contributed by atoms with van der Waals surface area (Å²) in [7, 11) is 0. The minimum atomic E-state index is -0.672. The van der Waals surface area contributed by atoms with Crippen molar-refractivity contribution in [1.29, 1.82) is 0 Å². The third-order valence-electron chi connectivity index (χ3n) is 5.72. The fourth-order valence-corrected chi connectivity index (χ4v) is 4.59. The zero-order valence-electron chi connectivity index (χ0n) is 17.9. The first-order chi connectivity index (χ1) is 14.7. The molecule has 6 nitrogen and oxygen atoms in total. The number of Topliss-reactive ketones (excluding diaryl/α,β-unsaturated/α-hetero) is 1. The molecule has 2 aliphatic rings. The van der Waals surface area contributed by atoms with Crippen molar-refractivity contribution < 1.29 is 19.1 Å². The molecule has 2 heterocycles. The van der Waals surface area contributed by atoms with E-state index in [2.05, 4.69) is 4.98 Å². The molecule has 31 heavy (non-hydrogen) atoms. The Morgan fingerprint density at radius 1 is 1.23 bits per heavy atom. The largest absolute Gasteiger partial charge is 0.438 e. The third kappa shape index (κ3) is 4.36. The van der Waals surface area contributed by atoms with E-state index >= 15 is 0 Å². The lowest BCUT2D eigenvalue weighted by Gasteiger charge is -2.47. The lowest BCUT2D eigenvalue weighted by Crippen LogP contribution is -2.56. The number of hydrogen-bond donors (Lipinski definition) is 0. The fraction of sp³-hybridized carbons (Fsp3) is 0.375. The van der Waals surface area contributed by atoms with Crippen LogP contribution in [-0.2, 0) is 9.53 Å². The van der Waals surface area contributed by atoms with Crippen LogP contribution < -0.4 is 4.74 Å². The van der Waals surface area contributed by atoms with Crippen LogP contribution in [0.1, 0.15) is 37.6 Å². The lowest BCUT2D eigenvalue weighted by molar-refractivity contribution is -0.135. The molecule has 7 heteroatoms. The third-order valence-corrected chi connectivity index (χ3v) is 5.97. The van der Waals surface area contributed by atoms with Gasteiger partial charge in [-0.25, -0.2) is 4.98 Å². The first-order valence-corrected chi connectivity index (χ1v) is 10.6. The van der Waals surface area contributed by atoms with Crippen molar-refractivity contribution in [2.24, 2.45) is 5.41 Å². The van der Waals surface area contributed by atoms with Gasteiger partial charge >= 0.3 is 0 Å². The molecule has 2 aromatic rings. The van der Waals surface area contributed by atoms with Crippen LogP contribution >= 0.6 is 11.6 Å². The predicted octanol–water partition coefficient (Wildman–Crippen LogP) is 4.68. The highest BCUT2D eigenvalue weighted by atomic mass is 35.5. The molecule has 0 N–H and O–H groups in total. The highest BCUT2D eigenvalue weighted by Gasteiger charge is 2.47. The first kappa shape index (κ1) is 21.5. The average molecular weight is 441 g/mol. The number of rotatable bonds is 3. The first-order valence-electron chi connectivity index (χ1n) is 10.3. The number of pyridine rings is 1. The Balaban J connectivity index is 1.59. The lowest BCUT2D eigenvalue weighted by atomic mass is 9.69. The molecule has 1 aromatic carbocycles. The van der Waals surface area contributed by atoms with Gasteiger partial charge in [0.15, 0.2) is 5.78 Å². The molecule has 1 unspecified atom stereocenters. The van der Waals surface area contributed by atoms with Crippen LogP contribution in [0.2, 0.25) is 5.02 Å². The summed E-state index contributed by atoms with van der Waals surface area (Å²) in [5.41, 5.74) is -0.156. The van der Waals surface area contributed by atoms with Gasteiger partial charge in [-0.3, -0.25) is 9.59 Å². The monoisotopic (exact) mass is 440 g/mol. The number of carbonyl (C=O) groups is 2. The molecule has 0 radical (unpaired) electrons.